The van der Waals surface area contributed by atoms with Gasteiger partial charge in [0.05, 0.1) is 31.9 Å². The van der Waals surface area contributed by atoms with Crippen LogP contribution in [0.4, 0.5) is 17.6 Å². The first-order valence-corrected chi connectivity index (χ1v) is 11.0. The van der Waals surface area contributed by atoms with Gasteiger partial charge in [-0.1, -0.05) is 35.9 Å². The molecule has 2 aliphatic rings. The fourth-order valence-corrected chi connectivity index (χ4v) is 5.00. The molecular weight excluding hydrogens is 506 g/mol. The summed E-state index contributed by atoms with van der Waals surface area (Å²) in [5.41, 5.74) is -0.595. The summed E-state index contributed by atoms with van der Waals surface area (Å²) in [6, 6.07) is 13.5. The fraction of sp³-hybridized carbons (Fsp3) is 0.0333. The topological polar surface area (TPSA) is 60.7 Å². The number of nitriles is 2. The lowest BCUT2D eigenvalue weighted by Gasteiger charge is -2.13. The second kappa shape index (κ2) is 8.86. The van der Waals surface area contributed by atoms with E-state index in [2.05, 4.69) is 14.5 Å². The number of fused-ring (bicyclic) bond motifs is 4. The standard InChI is InChI=1S/C30H9F4N5/c1-13-5-7-15-16-8-6-14(10-18(16)22(17(15)9-13)19(11-35)37-2)21-23(20(12-36)38-3)24-25(30(21)39-4)27(32)29(34)28(33)26(24)31/h5-10H,1H3/b22-19+,23-20+. The van der Waals surface area contributed by atoms with Crippen LogP contribution in [0.2, 0.25) is 0 Å². The number of hydrogen-bond acceptors (Lipinski definition) is 2. The average molecular weight is 515 g/mol. The van der Waals surface area contributed by atoms with Gasteiger partial charge in [-0.15, -0.1) is 0 Å². The number of hydrogen-bond donors (Lipinski definition) is 0. The van der Waals surface area contributed by atoms with Crippen LogP contribution in [-0.4, -0.2) is 0 Å². The molecule has 0 atom stereocenters. The molecule has 2 aliphatic carbocycles. The minimum atomic E-state index is -2.14. The molecule has 0 unspecified atom stereocenters. The van der Waals surface area contributed by atoms with Gasteiger partial charge in [-0.2, -0.15) is 0 Å². The highest BCUT2D eigenvalue weighted by Gasteiger charge is 2.39. The van der Waals surface area contributed by atoms with Gasteiger partial charge < -0.3 is 0 Å². The molecule has 3 aromatic rings. The third-order valence-electron chi connectivity index (χ3n) is 6.57. The van der Waals surface area contributed by atoms with Gasteiger partial charge in [0.15, 0.2) is 23.3 Å². The molecule has 0 aliphatic heterocycles. The van der Waals surface area contributed by atoms with Crippen LogP contribution in [0.1, 0.15) is 33.4 Å². The molecule has 0 fully saturated rings. The molecule has 39 heavy (non-hydrogen) atoms. The lowest BCUT2D eigenvalue weighted by atomic mass is 9.91. The zero-order chi connectivity index (χ0) is 28.2. The van der Waals surface area contributed by atoms with E-state index in [4.69, 9.17) is 19.7 Å². The van der Waals surface area contributed by atoms with E-state index < -0.39 is 51.4 Å². The summed E-state index contributed by atoms with van der Waals surface area (Å²) in [4.78, 5) is 9.69. The molecule has 0 radical (unpaired) electrons. The predicted molar refractivity (Wildman–Crippen MR) is 134 cm³/mol. The maximum absolute atomic E-state index is 15.1. The first-order chi connectivity index (χ1) is 18.7. The summed E-state index contributed by atoms with van der Waals surface area (Å²) in [6.07, 6.45) is 0. The van der Waals surface area contributed by atoms with Crippen LogP contribution in [-0.2, 0) is 0 Å². The Morgan fingerprint density at radius 2 is 1.23 bits per heavy atom. The van der Waals surface area contributed by atoms with Crippen LogP contribution in [0.5, 0.6) is 0 Å². The number of aryl methyl sites for hydroxylation is 1. The molecule has 5 rings (SSSR count). The summed E-state index contributed by atoms with van der Waals surface area (Å²) in [5.74, 6) is -7.93. The predicted octanol–water partition coefficient (Wildman–Crippen LogP) is 7.69. The van der Waals surface area contributed by atoms with Gasteiger partial charge in [-0.3, -0.25) is 0 Å². The Hall–Kier alpha value is -5.95. The lowest BCUT2D eigenvalue weighted by molar-refractivity contribution is 0.407. The van der Waals surface area contributed by atoms with Gasteiger partial charge in [0.25, 0.3) is 11.4 Å². The Morgan fingerprint density at radius 3 is 1.79 bits per heavy atom. The Morgan fingerprint density at radius 1 is 0.692 bits per heavy atom. The third-order valence-corrected chi connectivity index (χ3v) is 6.57. The van der Waals surface area contributed by atoms with E-state index in [0.29, 0.717) is 22.3 Å². The van der Waals surface area contributed by atoms with Gasteiger partial charge in [0.2, 0.25) is 5.70 Å². The second-order valence-corrected chi connectivity index (χ2v) is 8.55. The monoisotopic (exact) mass is 515 g/mol. The van der Waals surface area contributed by atoms with E-state index in [-0.39, 0.29) is 16.8 Å². The molecule has 0 aromatic heterocycles. The van der Waals surface area contributed by atoms with Crippen molar-refractivity contribution in [2.45, 2.75) is 6.92 Å². The molecule has 182 valence electrons. The molecule has 9 heteroatoms. The van der Waals surface area contributed by atoms with Gasteiger partial charge in [-0.25, -0.2) is 42.6 Å². The van der Waals surface area contributed by atoms with Gasteiger partial charge in [0, 0.05) is 16.7 Å². The van der Waals surface area contributed by atoms with E-state index in [1.165, 1.54) is 12.1 Å². The number of nitrogens with zero attached hydrogens (tertiary/aromatic N) is 5. The summed E-state index contributed by atoms with van der Waals surface area (Å²) in [5, 5.41) is 19.3. The van der Waals surface area contributed by atoms with Crippen LogP contribution < -0.4 is 0 Å². The third kappa shape index (κ3) is 3.27. The number of rotatable bonds is 1. The molecule has 3 aromatic carbocycles. The van der Waals surface area contributed by atoms with Crippen LogP contribution >= 0.6 is 0 Å². The minimum Gasteiger partial charge on any atom is -0.237 e. The Bertz CT molecular complexity index is 1980. The Balaban J connectivity index is 1.92. The molecule has 0 saturated carbocycles. The molecule has 0 heterocycles. The van der Waals surface area contributed by atoms with Crippen molar-refractivity contribution in [1.29, 1.82) is 10.5 Å². The van der Waals surface area contributed by atoms with Crippen LogP contribution in [0.15, 0.2) is 47.8 Å². The first-order valence-electron chi connectivity index (χ1n) is 11.0. The highest BCUT2D eigenvalue weighted by atomic mass is 19.2. The lowest BCUT2D eigenvalue weighted by Crippen LogP contribution is -2.04. The fourth-order valence-electron chi connectivity index (χ4n) is 5.00. The molecule has 0 saturated heterocycles. The molecule has 0 N–H and O–H groups in total. The zero-order valence-corrected chi connectivity index (χ0v) is 19.7. The average Bonchev–Trinajstić information content (AvgIpc) is 3.45. The maximum atomic E-state index is 15.1. The Labute approximate surface area is 219 Å². The normalized spacial score (nSPS) is 15.2. The van der Waals surface area contributed by atoms with Crippen LogP contribution in [0.3, 0.4) is 0 Å². The molecule has 0 spiro atoms. The van der Waals surface area contributed by atoms with Crippen molar-refractivity contribution < 1.29 is 17.6 Å². The number of allylic oxidation sites excluding steroid dienone is 4. The Kier molecular flexibility index (Phi) is 5.62. The smallest absolute Gasteiger partial charge is 0.237 e. The summed E-state index contributed by atoms with van der Waals surface area (Å²) in [7, 11) is 0. The zero-order valence-electron chi connectivity index (χ0n) is 19.7. The van der Waals surface area contributed by atoms with Crippen LogP contribution in [0, 0.1) is 72.6 Å². The van der Waals surface area contributed by atoms with Gasteiger partial charge in [0.1, 0.15) is 0 Å². The van der Waals surface area contributed by atoms with Crippen molar-refractivity contribution in [2.75, 3.05) is 0 Å². The van der Waals surface area contributed by atoms with Gasteiger partial charge in [-0.05, 0) is 52.0 Å². The second-order valence-electron chi connectivity index (χ2n) is 8.55. The summed E-state index contributed by atoms with van der Waals surface area (Å²) >= 11 is 0. The van der Waals surface area contributed by atoms with Crippen molar-refractivity contribution in [3.63, 3.8) is 0 Å². The van der Waals surface area contributed by atoms with Crippen molar-refractivity contribution in [3.05, 3.63) is 139 Å². The van der Waals surface area contributed by atoms with Crippen LogP contribution in [0.25, 0.3) is 48.1 Å². The van der Waals surface area contributed by atoms with E-state index in [0.717, 1.165) is 11.1 Å². The SMILES string of the molecule is [C-]#[N+]C1=C(c2ccc3c(c2)/C(=C(\C#N)[N+]#[C-])c2cc(C)ccc2-3)/C(=C(/C#N)[N+]#[C-])c2c(F)c(F)c(F)c(F)c21. The number of halogens is 4. The molecule has 0 bridgehead atoms. The molecule has 5 nitrogen and oxygen atoms in total. The largest absolute Gasteiger partial charge is 0.270 e. The van der Waals surface area contributed by atoms with Crippen molar-refractivity contribution in [2.24, 2.45) is 0 Å². The van der Waals surface area contributed by atoms with E-state index in [1.807, 2.05) is 25.1 Å². The summed E-state index contributed by atoms with van der Waals surface area (Å²) in [6.45, 7) is 24.5. The van der Waals surface area contributed by atoms with E-state index >= 15 is 4.39 Å². The molecule has 0 amide bonds. The highest BCUT2D eigenvalue weighted by molar-refractivity contribution is 6.24. The van der Waals surface area contributed by atoms with Crippen molar-refractivity contribution in [3.8, 4) is 23.3 Å². The minimum absolute atomic E-state index is 0.0891. The summed E-state index contributed by atoms with van der Waals surface area (Å²) < 4.78 is 58.6. The van der Waals surface area contributed by atoms with E-state index in [1.54, 1.807) is 18.2 Å². The van der Waals surface area contributed by atoms with Crippen molar-refractivity contribution >= 4 is 22.4 Å². The van der Waals surface area contributed by atoms with Crippen molar-refractivity contribution in [1.82, 2.24) is 0 Å². The van der Waals surface area contributed by atoms with E-state index in [9.17, 15) is 23.7 Å². The first kappa shape index (κ1) is 24.7. The molecular formula is C30H9F4N5. The maximum Gasteiger partial charge on any atom is 0.270 e. The quantitative estimate of drug-likeness (QED) is 0.0858. The van der Waals surface area contributed by atoms with Gasteiger partial charge >= 0.3 is 0 Å². The number of benzene rings is 3. The highest BCUT2D eigenvalue weighted by Crippen LogP contribution is 2.53.